The van der Waals surface area contributed by atoms with Crippen molar-refractivity contribution in [2.45, 2.75) is 0 Å². The van der Waals surface area contributed by atoms with Crippen LogP contribution >= 0.6 is 12.4 Å². The second-order valence-corrected chi connectivity index (χ2v) is 0.671. The van der Waals surface area contributed by atoms with Gasteiger partial charge in [-0.15, -0.1) is 12.4 Å². The Bertz CT molecular complexity index is 118. The van der Waals surface area contributed by atoms with Gasteiger partial charge in [0, 0.05) is 0 Å². The summed E-state index contributed by atoms with van der Waals surface area (Å²) in [5.41, 5.74) is 0. The SMILES string of the molecule is Cl.O=[N+]([O-])[O-].O=[N+]([O-])[O-].O=[N+]([O-])[O-].[BiH3]. The van der Waals surface area contributed by atoms with Crippen molar-refractivity contribution in [1.29, 1.82) is 0 Å². The third-order valence-corrected chi connectivity index (χ3v) is 0. The van der Waals surface area contributed by atoms with Gasteiger partial charge in [-0.05, 0) is 0 Å². The molecule has 88 valence electrons. The zero-order valence-electron chi connectivity index (χ0n) is 6.13. The molecule has 0 amide bonds. The van der Waals surface area contributed by atoms with E-state index in [1.54, 1.807) is 0 Å². The summed E-state index contributed by atoms with van der Waals surface area (Å²) in [6, 6.07) is 0. The molecule has 0 aliphatic heterocycles. The van der Waals surface area contributed by atoms with Crippen molar-refractivity contribution in [2.24, 2.45) is 0 Å². The molecule has 0 saturated carbocycles. The first-order chi connectivity index (χ1) is 5.20. The molecule has 0 bridgehead atoms. The fourth-order valence-electron chi connectivity index (χ4n) is 0. The summed E-state index contributed by atoms with van der Waals surface area (Å²) in [6.07, 6.45) is 0. The van der Waals surface area contributed by atoms with E-state index < -0.39 is 15.3 Å². The van der Waals surface area contributed by atoms with Gasteiger partial charge in [0.15, 0.2) is 0 Å². The first-order valence-corrected chi connectivity index (χ1v) is 1.64. The van der Waals surface area contributed by atoms with Crippen LogP contribution in [0.4, 0.5) is 0 Å². The molecule has 0 saturated heterocycles. The minimum atomic E-state index is -1.75. The number of halogens is 1. The third kappa shape index (κ3) is 684. The van der Waals surface area contributed by atoms with Crippen LogP contribution < -0.4 is 0 Å². The van der Waals surface area contributed by atoms with Gasteiger partial charge in [0.2, 0.25) is 0 Å². The van der Waals surface area contributed by atoms with E-state index in [9.17, 15) is 0 Å². The van der Waals surface area contributed by atoms with Crippen LogP contribution in [0, 0.1) is 46.0 Å². The van der Waals surface area contributed by atoms with Crippen LogP contribution in [-0.2, 0) is 0 Å². The Labute approximate surface area is 100.0 Å². The van der Waals surface area contributed by atoms with E-state index in [4.69, 9.17) is 46.0 Å². The topological polar surface area (TPSA) is 199 Å². The van der Waals surface area contributed by atoms with Crippen molar-refractivity contribution in [3.05, 3.63) is 46.0 Å². The first-order valence-electron chi connectivity index (χ1n) is 1.64. The summed E-state index contributed by atoms with van der Waals surface area (Å²) < 4.78 is 0. The Morgan fingerprint density at radius 1 is 0.571 bits per heavy atom. The van der Waals surface area contributed by atoms with Gasteiger partial charge >= 0.3 is 26.2 Å². The molecule has 0 fully saturated rings. The zero-order chi connectivity index (χ0) is 10.7. The van der Waals surface area contributed by atoms with Gasteiger partial charge in [-0.3, -0.25) is 0 Å². The number of hydrogen-bond acceptors (Lipinski definition) is 9. The second-order valence-electron chi connectivity index (χ2n) is 0.671. The average molecular weight is 434 g/mol. The maximum absolute atomic E-state index is 8.25. The molecule has 0 heterocycles. The van der Waals surface area contributed by atoms with E-state index in [0.29, 0.717) is 0 Å². The molecule has 0 aromatic heterocycles. The summed E-state index contributed by atoms with van der Waals surface area (Å²) in [6.45, 7) is 0. The molecular formula is H4BiClN3O9-3. The van der Waals surface area contributed by atoms with Crippen LogP contribution in [0.1, 0.15) is 0 Å². The number of nitrogens with zero attached hydrogens (tertiary/aromatic N) is 3. The van der Waals surface area contributed by atoms with Crippen molar-refractivity contribution in [3.63, 3.8) is 0 Å². The number of rotatable bonds is 0. The van der Waals surface area contributed by atoms with Crippen LogP contribution in [0.5, 0.6) is 0 Å². The molecular weight excluding hydrogens is 430 g/mol. The molecule has 0 atom stereocenters. The molecule has 0 aliphatic carbocycles. The van der Waals surface area contributed by atoms with Gasteiger partial charge in [-0.2, -0.15) is 0 Å². The second kappa shape index (κ2) is 22.6. The standard InChI is InChI=1S/Bi.ClH.3NO3.3H/c;;3*2-1(3)4;;;/h;1H;;;;;;/q;;3*-1;;;. The van der Waals surface area contributed by atoms with Gasteiger partial charge in [0.1, 0.15) is 0 Å². The van der Waals surface area contributed by atoms with E-state index in [-0.39, 0.29) is 38.6 Å². The molecule has 14 heteroatoms. The van der Waals surface area contributed by atoms with E-state index >= 15 is 0 Å². The van der Waals surface area contributed by atoms with E-state index in [1.165, 1.54) is 0 Å². The normalized spacial score (nSPS) is 5.14. The van der Waals surface area contributed by atoms with Crippen LogP contribution in [0.2, 0.25) is 0 Å². The number of hydrogen-bond donors (Lipinski definition) is 0. The van der Waals surface area contributed by atoms with Gasteiger partial charge in [-0.25, -0.2) is 0 Å². The molecule has 0 aromatic carbocycles. The Morgan fingerprint density at radius 3 is 0.571 bits per heavy atom. The van der Waals surface area contributed by atoms with Crippen molar-refractivity contribution < 1.29 is 15.3 Å². The third-order valence-electron chi connectivity index (χ3n) is 0. The molecule has 0 N–H and O–H groups in total. The molecule has 0 aliphatic rings. The molecule has 0 rings (SSSR count). The first kappa shape index (κ1) is 29.3. The van der Waals surface area contributed by atoms with Crippen LogP contribution in [0.3, 0.4) is 0 Å². The molecule has 14 heavy (non-hydrogen) atoms. The average Bonchev–Trinajstić information content (AvgIpc) is 1.54. The Kier molecular flexibility index (Phi) is 47.3. The molecule has 0 unspecified atom stereocenters. The predicted octanol–water partition coefficient (Wildman–Crippen LogP) is -1.48. The van der Waals surface area contributed by atoms with Crippen molar-refractivity contribution >= 4 is 38.6 Å². The van der Waals surface area contributed by atoms with Crippen LogP contribution in [0.15, 0.2) is 0 Å². The fraction of sp³-hybridized carbons (Fsp3) is 0. The van der Waals surface area contributed by atoms with Gasteiger partial charge in [0.25, 0.3) is 0 Å². The van der Waals surface area contributed by atoms with E-state index in [2.05, 4.69) is 0 Å². The zero-order valence-corrected chi connectivity index (χ0v) is 12.4. The maximum atomic E-state index is 8.25. The quantitative estimate of drug-likeness (QED) is 0.248. The Hall–Kier alpha value is -1.23. The predicted molar refractivity (Wildman–Crippen MR) is 48.3 cm³/mol. The minimum absolute atomic E-state index is 0. The summed E-state index contributed by atoms with van der Waals surface area (Å²) in [5, 5.41) is 44.2. The summed E-state index contributed by atoms with van der Waals surface area (Å²) in [7, 11) is 0. The van der Waals surface area contributed by atoms with Crippen LogP contribution in [-0.4, -0.2) is 41.5 Å². The molecule has 0 spiro atoms. The van der Waals surface area contributed by atoms with Crippen LogP contribution in [0.25, 0.3) is 0 Å². The van der Waals surface area contributed by atoms with Gasteiger partial charge in [0.05, 0.1) is 15.3 Å². The Balaban J connectivity index is -0.0000000270. The summed E-state index contributed by atoms with van der Waals surface area (Å²) in [5.74, 6) is 0. The van der Waals surface area contributed by atoms with Crippen molar-refractivity contribution in [1.82, 2.24) is 0 Å². The molecule has 0 radical (unpaired) electrons. The summed E-state index contributed by atoms with van der Waals surface area (Å²) in [4.78, 5) is 24.8. The van der Waals surface area contributed by atoms with Crippen molar-refractivity contribution in [3.8, 4) is 0 Å². The summed E-state index contributed by atoms with van der Waals surface area (Å²) >= 11 is 0. The fourth-order valence-corrected chi connectivity index (χ4v) is 0. The molecule has 12 nitrogen and oxygen atoms in total. The van der Waals surface area contributed by atoms with E-state index in [0.717, 1.165) is 0 Å². The molecule has 0 aromatic rings. The van der Waals surface area contributed by atoms with Gasteiger partial charge in [-0.1, -0.05) is 0 Å². The Morgan fingerprint density at radius 2 is 0.571 bits per heavy atom. The van der Waals surface area contributed by atoms with Gasteiger partial charge < -0.3 is 46.0 Å². The van der Waals surface area contributed by atoms with E-state index in [1.807, 2.05) is 0 Å². The monoisotopic (exact) mass is 434 g/mol. The van der Waals surface area contributed by atoms with Crippen molar-refractivity contribution in [2.75, 3.05) is 0 Å².